The zero-order valence-electron chi connectivity index (χ0n) is 18.9. The quantitative estimate of drug-likeness (QED) is 0.559. The second kappa shape index (κ2) is 7.12. The lowest BCUT2D eigenvalue weighted by atomic mass is 9.48. The first-order chi connectivity index (χ1) is 14.5. The van der Waals surface area contributed by atoms with E-state index in [1.165, 1.54) is 51.4 Å². The molecule has 0 radical (unpaired) electrons. The predicted octanol–water partition coefficient (Wildman–Crippen LogP) is 5.93. The lowest BCUT2D eigenvalue weighted by Crippen LogP contribution is -2.51. The van der Waals surface area contributed by atoms with Crippen LogP contribution in [0.3, 0.4) is 0 Å². The number of carbonyl (C=O) groups is 1. The molecular formula is C26H38N2OS. The fourth-order valence-corrected chi connectivity index (χ4v) is 9.83. The van der Waals surface area contributed by atoms with Crippen molar-refractivity contribution < 1.29 is 4.79 Å². The minimum Gasteiger partial charge on any atom is -0.297 e. The average molecular weight is 427 g/mol. The summed E-state index contributed by atoms with van der Waals surface area (Å²) in [7, 11) is 0. The molecular weight excluding hydrogens is 388 g/mol. The van der Waals surface area contributed by atoms with Crippen LogP contribution >= 0.6 is 11.8 Å². The van der Waals surface area contributed by atoms with Crippen molar-refractivity contribution >= 4 is 17.5 Å². The third-order valence-corrected chi connectivity index (χ3v) is 11.2. The van der Waals surface area contributed by atoms with Crippen LogP contribution in [0.25, 0.3) is 0 Å². The van der Waals surface area contributed by atoms with Gasteiger partial charge in [-0.1, -0.05) is 20.3 Å². The number of ketones is 1. The van der Waals surface area contributed by atoms with Crippen LogP contribution in [-0.4, -0.2) is 21.8 Å². The third-order valence-electron chi connectivity index (χ3n) is 10.5. The van der Waals surface area contributed by atoms with Crippen LogP contribution in [0.2, 0.25) is 0 Å². The van der Waals surface area contributed by atoms with Crippen LogP contribution in [0.4, 0.5) is 0 Å². The van der Waals surface area contributed by atoms with Gasteiger partial charge in [-0.15, -0.1) is 11.8 Å². The van der Waals surface area contributed by atoms with Crippen molar-refractivity contribution in [1.82, 2.24) is 9.78 Å². The summed E-state index contributed by atoms with van der Waals surface area (Å²) in [6, 6.07) is 0. The highest BCUT2D eigenvalue weighted by atomic mass is 32.2. The molecule has 0 aromatic carbocycles. The van der Waals surface area contributed by atoms with Crippen LogP contribution in [0.5, 0.6) is 0 Å². The van der Waals surface area contributed by atoms with Gasteiger partial charge in [0, 0.05) is 17.0 Å². The van der Waals surface area contributed by atoms with Gasteiger partial charge >= 0.3 is 0 Å². The first-order valence-electron chi connectivity index (χ1n) is 12.6. The molecule has 5 fully saturated rings. The van der Waals surface area contributed by atoms with E-state index in [1.54, 1.807) is 11.8 Å². The second-order valence-electron chi connectivity index (χ2n) is 11.9. The molecule has 10 unspecified atom stereocenters. The van der Waals surface area contributed by atoms with Gasteiger partial charge < -0.3 is 0 Å². The molecule has 10 atom stereocenters. The van der Waals surface area contributed by atoms with E-state index >= 15 is 0 Å². The molecule has 0 amide bonds. The molecule has 0 saturated heterocycles. The molecule has 1 aromatic heterocycles. The molecule has 5 aliphatic rings. The highest BCUT2D eigenvalue weighted by molar-refractivity contribution is 7.98. The molecule has 0 aliphatic heterocycles. The van der Waals surface area contributed by atoms with Crippen molar-refractivity contribution in [2.75, 3.05) is 6.26 Å². The Morgan fingerprint density at radius 3 is 2.73 bits per heavy atom. The molecule has 5 aliphatic carbocycles. The van der Waals surface area contributed by atoms with Crippen molar-refractivity contribution in [3.05, 3.63) is 12.4 Å². The van der Waals surface area contributed by atoms with Gasteiger partial charge in [0.15, 0.2) is 5.78 Å². The van der Waals surface area contributed by atoms with Crippen LogP contribution in [-0.2, 0) is 11.3 Å². The van der Waals surface area contributed by atoms with Crippen molar-refractivity contribution in [3.63, 3.8) is 0 Å². The molecule has 0 N–H and O–H groups in total. The Kier molecular flexibility index (Phi) is 4.72. The summed E-state index contributed by atoms with van der Waals surface area (Å²) in [5, 5.41) is 4.46. The summed E-state index contributed by atoms with van der Waals surface area (Å²) in [4.78, 5) is 14.7. The molecule has 0 spiro atoms. The Hall–Kier alpha value is -0.770. The summed E-state index contributed by atoms with van der Waals surface area (Å²) in [6.45, 7) is 5.48. The Bertz CT molecular complexity index is 835. The summed E-state index contributed by atoms with van der Waals surface area (Å²) < 4.78 is 1.89. The van der Waals surface area contributed by atoms with E-state index < -0.39 is 0 Å². The zero-order chi connectivity index (χ0) is 20.6. The maximum Gasteiger partial charge on any atom is 0.158 e. The highest BCUT2D eigenvalue weighted by Crippen LogP contribution is 2.74. The summed E-state index contributed by atoms with van der Waals surface area (Å²) in [5.74, 6) is 7.99. The normalized spacial score (nSPS) is 49.0. The molecule has 0 bridgehead atoms. The maximum atomic E-state index is 13.6. The first-order valence-corrected chi connectivity index (χ1v) is 13.8. The van der Waals surface area contributed by atoms with E-state index in [-0.39, 0.29) is 5.41 Å². The lowest BCUT2D eigenvalue weighted by molar-refractivity contribution is -0.134. The van der Waals surface area contributed by atoms with Crippen LogP contribution in [0.1, 0.15) is 65.2 Å². The number of carbonyl (C=O) groups excluding carboxylic acids is 1. The van der Waals surface area contributed by atoms with Gasteiger partial charge in [0.2, 0.25) is 0 Å². The van der Waals surface area contributed by atoms with Crippen molar-refractivity contribution in [2.24, 2.45) is 58.7 Å². The number of Topliss-reactive ketones (excluding diaryl/α,β-unsaturated/α-hetero) is 1. The van der Waals surface area contributed by atoms with Crippen LogP contribution in [0, 0.1) is 58.7 Å². The van der Waals surface area contributed by atoms with Crippen molar-refractivity contribution in [2.45, 2.75) is 76.7 Å². The molecule has 4 heteroatoms. The molecule has 6 rings (SSSR count). The maximum absolute atomic E-state index is 13.6. The summed E-state index contributed by atoms with van der Waals surface area (Å²) in [6.07, 6.45) is 17.4. The summed E-state index contributed by atoms with van der Waals surface area (Å²) >= 11 is 1.70. The van der Waals surface area contributed by atoms with Crippen molar-refractivity contribution in [3.8, 4) is 0 Å². The Labute approximate surface area is 186 Å². The Morgan fingerprint density at radius 1 is 1.10 bits per heavy atom. The summed E-state index contributed by atoms with van der Waals surface area (Å²) in [5.41, 5.74) is 0.260. The topological polar surface area (TPSA) is 34.9 Å². The largest absolute Gasteiger partial charge is 0.297 e. The monoisotopic (exact) mass is 426 g/mol. The molecule has 1 aromatic rings. The van der Waals surface area contributed by atoms with E-state index in [9.17, 15) is 4.79 Å². The highest BCUT2D eigenvalue weighted by Gasteiger charge is 2.70. The molecule has 3 nitrogen and oxygen atoms in total. The van der Waals surface area contributed by atoms with E-state index in [4.69, 9.17) is 0 Å². The SMILES string of the molecule is CSc1cnn(CC(=O)C2C3CC3C3C4CCC5CC(C)CCC5C4CCC23C)c1. The number of rotatable bonds is 4. The van der Waals surface area contributed by atoms with E-state index in [2.05, 4.69) is 25.2 Å². The van der Waals surface area contributed by atoms with E-state index in [0.29, 0.717) is 24.2 Å². The first kappa shape index (κ1) is 19.9. The standard InChI is InChI=1S/C26H38N2OS/c1-15-4-6-18-16(10-15)5-7-20-19(18)8-9-26(2)24(20)21-11-22(21)25(26)23(29)14-28-13-17(30-3)12-27-28/h12-13,15-16,18-22,24-25H,4-11,14H2,1-3H3. The predicted molar refractivity (Wildman–Crippen MR) is 121 cm³/mol. The number of thioether (sulfide) groups is 1. The van der Waals surface area contributed by atoms with Gasteiger partial charge in [-0.25, -0.2) is 0 Å². The van der Waals surface area contributed by atoms with Crippen molar-refractivity contribution in [1.29, 1.82) is 0 Å². The fourth-order valence-electron chi connectivity index (χ4n) is 9.45. The Morgan fingerprint density at radius 2 is 1.93 bits per heavy atom. The smallest absolute Gasteiger partial charge is 0.158 e. The number of hydrogen-bond donors (Lipinski definition) is 0. The zero-order valence-corrected chi connectivity index (χ0v) is 19.7. The number of nitrogens with zero attached hydrogens (tertiary/aromatic N) is 2. The molecule has 30 heavy (non-hydrogen) atoms. The molecule has 1 heterocycles. The van der Waals surface area contributed by atoms with Crippen LogP contribution in [0.15, 0.2) is 17.3 Å². The van der Waals surface area contributed by atoms with Gasteiger partial charge in [0.25, 0.3) is 0 Å². The van der Waals surface area contributed by atoms with Crippen LogP contribution < -0.4 is 0 Å². The minimum atomic E-state index is 0.260. The van der Waals surface area contributed by atoms with E-state index in [1.807, 2.05) is 17.1 Å². The van der Waals surface area contributed by atoms with Gasteiger partial charge in [0.05, 0.1) is 12.7 Å². The van der Waals surface area contributed by atoms with Gasteiger partial charge in [0.1, 0.15) is 0 Å². The molecule has 164 valence electrons. The average Bonchev–Trinajstić information content (AvgIpc) is 3.24. The third kappa shape index (κ3) is 2.91. The fraction of sp³-hybridized carbons (Fsp3) is 0.846. The van der Waals surface area contributed by atoms with Gasteiger partial charge in [-0.3, -0.25) is 9.48 Å². The second-order valence-corrected chi connectivity index (χ2v) is 12.8. The van der Waals surface area contributed by atoms with E-state index in [0.717, 1.165) is 46.3 Å². The number of fused-ring (bicyclic) bond motifs is 7. The number of aromatic nitrogens is 2. The minimum absolute atomic E-state index is 0.260. The van der Waals surface area contributed by atoms with Gasteiger partial charge in [-0.05, 0) is 104 Å². The Balaban J connectivity index is 1.22. The number of hydrogen-bond acceptors (Lipinski definition) is 3. The van der Waals surface area contributed by atoms with Gasteiger partial charge in [-0.2, -0.15) is 5.10 Å². The molecule has 5 saturated carbocycles. The lowest BCUT2D eigenvalue weighted by Gasteiger charge is -2.57.